The minimum Gasteiger partial charge on any atom is -0.214 e. The van der Waals surface area contributed by atoms with Crippen molar-refractivity contribution in [2.75, 3.05) is 0 Å². The Bertz CT molecular complexity index is 887. The lowest BCUT2D eigenvalue weighted by Gasteiger charge is -2.23. The van der Waals surface area contributed by atoms with Gasteiger partial charge in [-0.2, -0.15) is 0 Å². The Kier molecular flexibility index (Phi) is 3.64. The summed E-state index contributed by atoms with van der Waals surface area (Å²) in [4.78, 5) is 4.53. The quantitative estimate of drug-likeness (QED) is 0.598. The molecular formula is C16H11FIN5. The van der Waals surface area contributed by atoms with Crippen LogP contribution in [0.2, 0.25) is 0 Å². The van der Waals surface area contributed by atoms with E-state index in [1.165, 1.54) is 6.07 Å². The summed E-state index contributed by atoms with van der Waals surface area (Å²) in [5.41, 5.74) is 2.43. The molecule has 1 unspecified atom stereocenters. The lowest BCUT2D eigenvalue weighted by Crippen LogP contribution is -2.22. The second-order valence-corrected chi connectivity index (χ2v) is 6.48. The van der Waals surface area contributed by atoms with Crippen LogP contribution >= 0.6 is 22.6 Å². The van der Waals surface area contributed by atoms with Gasteiger partial charge in [-0.3, -0.25) is 0 Å². The Balaban J connectivity index is 1.81. The van der Waals surface area contributed by atoms with Crippen molar-refractivity contribution in [2.45, 2.75) is 12.5 Å². The van der Waals surface area contributed by atoms with Gasteiger partial charge in [-0.25, -0.2) is 14.1 Å². The van der Waals surface area contributed by atoms with Crippen LogP contribution < -0.4 is 0 Å². The van der Waals surface area contributed by atoms with E-state index in [9.17, 15) is 4.39 Å². The third-order valence-electron chi connectivity index (χ3n) is 3.83. The number of hydrogen-bond acceptors (Lipinski definition) is 4. The lowest BCUT2D eigenvalue weighted by molar-refractivity contribution is 0.486. The van der Waals surface area contributed by atoms with Gasteiger partial charge in [0.15, 0.2) is 0 Å². The molecule has 0 saturated heterocycles. The molecular weight excluding hydrogens is 408 g/mol. The van der Waals surface area contributed by atoms with Gasteiger partial charge in [-0.15, -0.1) is 0 Å². The van der Waals surface area contributed by atoms with E-state index in [1.807, 2.05) is 30.3 Å². The number of aliphatic imine (C=N–C) groups is 1. The van der Waals surface area contributed by atoms with Gasteiger partial charge in [-0.1, -0.05) is 35.4 Å². The molecule has 1 atom stereocenters. The Hall–Kier alpha value is -2.16. The minimum absolute atomic E-state index is 0.261. The third kappa shape index (κ3) is 2.65. The van der Waals surface area contributed by atoms with E-state index in [-0.39, 0.29) is 11.9 Å². The van der Waals surface area contributed by atoms with E-state index in [2.05, 4.69) is 43.1 Å². The van der Waals surface area contributed by atoms with Crippen LogP contribution in [0.3, 0.4) is 0 Å². The van der Waals surface area contributed by atoms with Crippen molar-refractivity contribution in [3.8, 4) is 0 Å². The van der Waals surface area contributed by atoms with Crippen LogP contribution in [0.4, 0.5) is 10.3 Å². The average Bonchev–Trinajstić information content (AvgIpc) is 3.04. The van der Waals surface area contributed by atoms with Crippen LogP contribution in [0, 0.1) is 9.39 Å². The van der Waals surface area contributed by atoms with Crippen LogP contribution in [0.25, 0.3) is 0 Å². The van der Waals surface area contributed by atoms with Gasteiger partial charge in [0.05, 0.1) is 11.8 Å². The molecule has 0 N–H and O–H groups in total. The largest absolute Gasteiger partial charge is 0.269 e. The zero-order valence-electron chi connectivity index (χ0n) is 11.9. The highest BCUT2D eigenvalue weighted by molar-refractivity contribution is 14.1. The van der Waals surface area contributed by atoms with E-state index < -0.39 is 0 Å². The van der Waals surface area contributed by atoms with Crippen molar-refractivity contribution in [3.63, 3.8) is 0 Å². The molecule has 2 aromatic carbocycles. The molecule has 1 aromatic heterocycles. The molecule has 7 heteroatoms. The number of halogens is 2. The highest BCUT2D eigenvalue weighted by Gasteiger charge is 2.28. The van der Waals surface area contributed by atoms with E-state index >= 15 is 0 Å². The van der Waals surface area contributed by atoms with Gasteiger partial charge in [0.2, 0.25) is 0 Å². The van der Waals surface area contributed by atoms with Gasteiger partial charge in [0.1, 0.15) is 5.82 Å². The molecule has 1 aliphatic heterocycles. The fourth-order valence-electron chi connectivity index (χ4n) is 2.71. The van der Waals surface area contributed by atoms with Crippen LogP contribution in [0.15, 0.2) is 53.5 Å². The van der Waals surface area contributed by atoms with E-state index in [0.717, 1.165) is 14.8 Å². The van der Waals surface area contributed by atoms with Gasteiger partial charge in [0.25, 0.3) is 5.95 Å². The summed E-state index contributed by atoms with van der Waals surface area (Å²) in [6.45, 7) is 0. The standard InChI is InChI=1S/C16H11FIN5/c17-13-4-2-1-3-12(13)15-9-14(10-5-7-11(18)8-6-10)19-16-20-21-22-23(15)16/h1-8,15H,9H2. The molecule has 0 bridgehead atoms. The molecule has 5 nitrogen and oxygen atoms in total. The molecule has 114 valence electrons. The topological polar surface area (TPSA) is 56.0 Å². The van der Waals surface area contributed by atoms with Crippen molar-refractivity contribution in [1.82, 2.24) is 20.2 Å². The Morgan fingerprint density at radius 1 is 1.09 bits per heavy atom. The van der Waals surface area contributed by atoms with Crippen LogP contribution in [-0.4, -0.2) is 25.9 Å². The van der Waals surface area contributed by atoms with Crippen molar-refractivity contribution < 1.29 is 4.39 Å². The van der Waals surface area contributed by atoms with E-state index in [0.29, 0.717) is 17.9 Å². The molecule has 1 aliphatic rings. The summed E-state index contributed by atoms with van der Waals surface area (Å²) in [7, 11) is 0. The first-order valence-electron chi connectivity index (χ1n) is 7.08. The van der Waals surface area contributed by atoms with Gasteiger partial charge in [0, 0.05) is 15.6 Å². The SMILES string of the molecule is Fc1ccccc1C1CC(c2ccc(I)cc2)=Nc2nnnn21. The molecule has 0 amide bonds. The van der Waals surface area contributed by atoms with Gasteiger partial charge < -0.3 is 0 Å². The average molecular weight is 419 g/mol. The molecule has 3 aromatic rings. The highest BCUT2D eigenvalue weighted by atomic mass is 127. The molecule has 0 radical (unpaired) electrons. The minimum atomic E-state index is -0.298. The molecule has 4 rings (SSSR count). The van der Waals surface area contributed by atoms with E-state index in [1.54, 1.807) is 16.8 Å². The van der Waals surface area contributed by atoms with Crippen molar-refractivity contribution >= 4 is 34.3 Å². The lowest BCUT2D eigenvalue weighted by atomic mass is 9.96. The fraction of sp³-hybridized carbons (Fsp3) is 0.125. The summed E-state index contributed by atoms with van der Waals surface area (Å²) in [5, 5.41) is 11.6. The van der Waals surface area contributed by atoms with Gasteiger partial charge >= 0.3 is 0 Å². The van der Waals surface area contributed by atoms with Crippen molar-refractivity contribution in [2.24, 2.45) is 4.99 Å². The summed E-state index contributed by atoms with van der Waals surface area (Å²) < 4.78 is 17.0. The summed E-state index contributed by atoms with van der Waals surface area (Å²) in [6.07, 6.45) is 0.541. The smallest absolute Gasteiger partial charge is 0.214 e. The summed E-state index contributed by atoms with van der Waals surface area (Å²) in [6, 6.07) is 14.5. The van der Waals surface area contributed by atoms with Crippen molar-refractivity contribution in [1.29, 1.82) is 0 Å². The second-order valence-electron chi connectivity index (χ2n) is 5.23. The summed E-state index contributed by atoms with van der Waals surface area (Å²) >= 11 is 2.26. The Morgan fingerprint density at radius 3 is 2.65 bits per heavy atom. The Morgan fingerprint density at radius 2 is 1.87 bits per heavy atom. The zero-order chi connectivity index (χ0) is 15.8. The molecule has 0 saturated carbocycles. The highest BCUT2D eigenvalue weighted by Crippen LogP contribution is 2.32. The van der Waals surface area contributed by atoms with Crippen LogP contribution in [-0.2, 0) is 0 Å². The molecule has 0 fully saturated rings. The Labute approximate surface area is 145 Å². The van der Waals surface area contributed by atoms with Crippen LogP contribution in [0.5, 0.6) is 0 Å². The predicted octanol–water partition coefficient (Wildman–Crippen LogP) is 3.53. The number of benzene rings is 2. The number of tetrazole rings is 1. The number of nitrogens with zero attached hydrogens (tertiary/aromatic N) is 5. The van der Waals surface area contributed by atoms with Gasteiger partial charge in [-0.05, 0) is 56.8 Å². The third-order valence-corrected chi connectivity index (χ3v) is 4.55. The van der Waals surface area contributed by atoms with E-state index in [4.69, 9.17) is 0 Å². The molecule has 0 aliphatic carbocycles. The zero-order valence-corrected chi connectivity index (χ0v) is 14.1. The fourth-order valence-corrected chi connectivity index (χ4v) is 3.07. The molecule has 2 heterocycles. The normalized spacial score (nSPS) is 16.8. The number of hydrogen-bond donors (Lipinski definition) is 0. The number of fused-ring (bicyclic) bond motifs is 1. The monoisotopic (exact) mass is 419 g/mol. The number of rotatable bonds is 2. The second kappa shape index (κ2) is 5.80. The molecule has 0 spiro atoms. The first-order chi connectivity index (χ1) is 11.2. The first-order valence-corrected chi connectivity index (χ1v) is 8.16. The maximum absolute atomic E-state index is 14.2. The first kappa shape index (κ1) is 14.4. The summed E-state index contributed by atoms with van der Waals surface area (Å²) in [5.74, 6) is 0.140. The van der Waals surface area contributed by atoms with Crippen molar-refractivity contribution in [3.05, 3.63) is 69.0 Å². The van der Waals surface area contributed by atoms with Crippen LogP contribution in [0.1, 0.15) is 23.6 Å². The number of aromatic nitrogens is 4. The predicted molar refractivity (Wildman–Crippen MR) is 92.3 cm³/mol. The molecule has 23 heavy (non-hydrogen) atoms. The maximum atomic E-state index is 14.2. The maximum Gasteiger partial charge on any atom is 0.269 e.